The minimum absolute atomic E-state index is 0.191. The van der Waals surface area contributed by atoms with Gasteiger partial charge < -0.3 is 4.90 Å². The van der Waals surface area contributed by atoms with Crippen molar-refractivity contribution < 1.29 is 14.0 Å². The van der Waals surface area contributed by atoms with Gasteiger partial charge >= 0.3 is 6.03 Å². The van der Waals surface area contributed by atoms with Crippen LogP contribution in [0, 0.1) is 17.7 Å². The summed E-state index contributed by atoms with van der Waals surface area (Å²) < 4.78 is 14.6. The molecule has 0 aromatic heterocycles. The Kier molecular flexibility index (Phi) is 7.63. The molecule has 0 radical (unpaired) electrons. The van der Waals surface area contributed by atoms with E-state index < -0.39 is 11.8 Å². The van der Waals surface area contributed by atoms with E-state index in [2.05, 4.69) is 24.1 Å². The van der Waals surface area contributed by atoms with Gasteiger partial charge in [0.2, 0.25) is 5.91 Å². The van der Waals surface area contributed by atoms with Gasteiger partial charge in [0, 0.05) is 31.7 Å². The maximum Gasteiger partial charge on any atom is 0.328 e. The summed E-state index contributed by atoms with van der Waals surface area (Å²) in [5.74, 6) is 0.736. The summed E-state index contributed by atoms with van der Waals surface area (Å²) in [6, 6.07) is 4.45. The highest BCUT2D eigenvalue weighted by molar-refractivity contribution is 6.05. The Hall–Kier alpha value is -2.11. The molecule has 1 aromatic carbocycles. The van der Waals surface area contributed by atoms with Crippen LogP contribution in [-0.4, -0.2) is 31.6 Å². The number of piperidine rings is 1. The molecule has 0 unspecified atom stereocenters. The molecule has 27 heavy (non-hydrogen) atoms. The number of carbonyl (C=O) groups is 2. The van der Waals surface area contributed by atoms with Crippen LogP contribution in [0.3, 0.4) is 0 Å². The maximum atomic E-state index is 14.6. The Morgan fingerprint density at radius 1 is 1.15 bits per heavy atom. The minimum Gasteiger partial charge on any atom is -0.371 e. The molecule has 2 saturated heterocycles. The molecule has 2 aliphatic heterocycles. The van der Waals surface area contributed by atoms with Gasteiger partial charge in [0.15, 0.2) is 0 Å². The summed E-state index contributed by atoms with van der Waals surface area (Å²) in [5, 5.41) is 2.22. The molecule has 0 spiro atoms. The third-order valence-corrected chi connectivity index (χ3v) is 5.06. The number of nitrogens with one attached hydrogen (secondary N) is 1. The van der Waals surface area contributed by atoms with Gasteiger partial charge in [-0.15, -0.1) is 0 Å². The van der Waals surface area contributed by atoms with Crippen molar-refractivity contribution in [1.29, 1.82) is 0 Å². The van der Waals surface area contributed by atoms with Crippen molar-refractivity contribution in [2.24, 2.45) is 11.8 Å². The lowest BCUT2D eigenvalue weighted by Crippen LogP contribution is -2.49. The quantitative estimate of drug-likeness (QED) is 0.837. The van der Waals surface area contributed by atoms with Crippen molar-refractivity contribution in [2.45, 2.75) is 53.4 Å². The van der Waals surface area contributed by atoms with Crippen LogP contribution in [0.5, 0.6) is 0 Å². The highest BCUT2D eigenvalue weighted by atomic mass is 19.1. The van der Waals surface area contributed by atoms with Crippen LogP contribution in [0.2, 0.25) is 0 Å². The number of amides is 3. The molecule has 0 aliphatic carbocycles. The second-order valence-electron chi connectivity index (χ2n) is 7.45. The molecule has 1 aromatic rings. The van der Waals surface area contributed by atoms with E-state index in [4.69, 9.17) is 0 Å². The predicted octanol–water partition coefficient (Wildman–Crippen LogP) is 4.56. The molecule has 150 valence electrons. The number of nitrogens with zero attached hydrogens (tertiary/aromatic N) is 2. The van der Waals surface area contributed by atoms with Crippen LogP contribution < -0.4 is 15.1 Å². The normalized spacial score (nSPS) is 18.3. The van der Waals surface area contributed by atoms with Gasteiger partial charge in [0.25, 0.3) is 0 Å². The topological polar surface area (TPSA) is 52.6 Å². The molecule has 0 atom stereocenters. The van der Waals surface area contributed by atoms with Crippen molar-refractivity contribution in [3.63, 3.8) is 0 Å². The van der Waals surface area contributed by atoms with Crippen molar-refractivity contribution in [2.75, 3.05) is 29.4 Å². The molecular weight excluding hydrogens is 345 g/mol. The third-order valence-electron chi connectivity index (χ3n) is 5.06. The number of urea groups is 1. The van der Waals surface area contributed by atoms with Crippen LogP contribution >= 0.6 is 0 Å². The fourth-order valence-electron chi connectivity index (χ4n) is 3.80. The summed E-state index contributed by atoms with van der Waals surface area (Å²) in [5.41, 5.74) is 1.08. The van der Waals surface area contributed by atoms with E-state index in [0.29, 0.717) is 0 Å². The molecule has 5 nitrogen and oxygen atoms in total. The summed E-state index contributed by atoms with van der Waals surface area (Å²) in [7, 11) is 0. The minimum atomic E-state index is -0.558. The van der Waals surface area contributed by atoms with E-state index >= 15 is 0 Å². The lowest BCUT2D eigenvalue weighted by atomic mass is 9.88. The highest BCUT2D eigenvalue weighted by Gasteiger charge is 2.27. The van der Waals surface area contributed by atoms with Gasteiger partial charge in [-0.2, -0.15) is 0 Å². The summed E-state index contributed by atoms with van der Waals surface area (Å²) in [6.45, 7) is 10.6. The Morgan fingerprint density at radius 3 is 2.37 bits per heavy atom. The highest BCUT2D eigenvalue weighted by Crippen LogP contribution is 2.30. The molecule has 1 N–H and O–H groups in total. The number of imide groups is 1. The first-order chi connectivity index (χ1) is 12.9. The first kappa shape index (κ1) is 21.2. The van der Waals surface area contributed by atoms with Crippen molar-refractivity contribution >= 4 is 23.3 Å². The molecule has 6 heteroatoms. The monoisotopic (exact) mass is 377 g/mol. The van der Waals surface area contributed by atoms with Crippen LogP contribution in [0.15, 0.2) is 18.2 Å². The van der Waals surface area contributed by atoms with E-state index in [-0.39, 0.29) is 24.6 Å². The number of hydrogen-bond acceptors (Lipinski definition) is 3. The SMILES string of the molecule is CC.CC(C)CC1CCN(c2ccc(N3CCC(=O)NC3=O)c(F)c2)CC1. The maximum absolute atomic E-state index is 14.6. The first-order valence-corrected chi connectivity index (χ1v) is 10.1. The van der Waals surface area contributed by atoms with Gasteiger partial charge in [0.05, 0.1) is 5.69 Å². The second kappa shape index (κ2) is 9.72. The molecule has 2 fully saturated rings. The fraction of sp³-hybridized carbons (Fsp3) is 0.619. The van der Waals surface area contributed by atoms with E-state index in [0.717, 1.165) is 43.5 Å². The summed E-state index contributed by atoms with van der Waals surface area (Å²) in [4.78, 5) is 26.6. The Balaban J connectivity index is 0.00000126. The van der Waals surface area contributed by atoms with Gasteiger partial charge in [-0.3, -0.25) is 15.0 Å². The number of anilines is 2. The number of hydrogen-bond donors (Lipinski definition) is 1. The van der Waals surface area contributed by atoms with Crippen molar-refractivity contribution in [3.05, 3.63) is 24.0 Å². The molecule has 3 amide bonds. The number of carbonyl (C=O) groups excluding carboxylic acids is 2. The average molecular weight is 378 g/mol. The lowest BCUT2D eigenvalue weighted by molar-refractivity contribution is -0.120. The van der Waals surface area contributed by atoms with Crippen LogP contribution in [0.4, 0.5) is 20.6 Å². The van der Waals surface area contributed by atoms with Gasteiger partial charge in [-0.05, 0) is 49.3 Å². The third kappa shape index (κ3) is 5.44. The Bertz CT molecular complexity index is 655. The molecule has 3 rings (SSSR count). The molecule has 0 bridgehead atoms. The Morgan fingerprint density at radius 2 is 1.81 bits per heavy atom. The zero-order valence-electron chi connectivity index (χ0n) is 16.9. The van der Waals surface area contributed by atoms with Gasteiger partial charge in [-0.25, -0.2) is 9.18 Å². The molecular formula is C21H32FN3O2. The number of halogens is 1. The van der Waals surface area contributed by atoms with E-state index in [1.165, 1.54) is 17.4 Å². The zero-order chi connectivity index (χ0) is 20.0. The van der Waals surface area contributed by atoms with E-state index in [1.54, 1.807) is 6.07 Å². The largest absolute Gasteiger partial charge is 0.371 e. The summed E-state index contributed by atoms with van der Waals surface area (Å²) >= 11 is 0. The first-order valence-electron chi connectivity index (χ1n) is 10.1. The molecule has 2 heterocycles. The van der Waals surface area contributed by atoms with Gasteiger partial charge in [-0.1, -0.05) is 27.7 Å². The molecule has 0 saturated carbocycles. The smallest absolute Gasteiger partial charge is 0.328 e. The van der Waals surface area contributed by atoms with Crippen molar-refractivity contribution in [1.82, 2.24) is 5.32 Å². The van der Waals surface area contributed by atoms with Crippen LogP contribution in [0.1, 0.15) is 53.4 Å². The summed E-state index contributed by atoms with van der Waals surface area (Å²) in [6.07, 6.45) is 3.72. The zero-order valence-corrected chi connectivity index (χ0v) is 16.9. The van der Waals surface area contributed by atoms with Gasteiger partial charge in [0.1, 0.15) is 5.82 Å². The average Bonchev–Trinajstić information content (AvgIpc) is 2.64. The lowest BCUT2D eigenvalue weighted by Gasteiger charge is -2.35. The van der Waals surface area contributed by atoms with Crippen LogP contribution in [0.25, 0.3) is 0 Å². The standard InChI is InChI=1S/C19H26FN3O2.C2H6/c1-13(2)11-14-5-8-22(9-6-14)15-3-4-17(16(20)12-15)23-10-7-18(24)21-19(23)25;1-2/h3-4,12-14H,5-11H2,1-2H3,(H,21,24,25);1-2H3. The predicted molar refractivity (Wildman–Crippen MR) is 108 cm³/mol. The van der Waals surface area contributed by atoms with E-state index in [9.17, 15) is 14.0 Å². The Labute approximate surface area is 161 Å². The number of rotatable bonds is 4. The fourth-order valence-corrected chi connectivity index (χ4v) is 3.80. The molecule has 2 aliphatic rings. The number of benzene rings is 1. The van der Waals surface area contributed by atoms with E-state index in [1.807, 2.05) is 19.9 Å². The van der Waals surface area contributed by atoms with Crippen LogP contribution in [-0.2, 0) is 4.79 Å². The second-order valence-corrected chi connectivity index (χ2v) is 7.45. The van der Waals surface area contributed by atoms with Crippen molar-refractivity contribution in [3.8, 4) is 0 Å².